The van der Waals surface area contributed by atoms with E-state index in [-0.39, 0.29) is 0 Å². The third-order valence-electron chi connectivity index (χ3n) is 3.69. The molecule has 2 heteroatoms. The molecule has 0 radical (unpaired) electrons. The second-order valence-electron chi connectivity index (χ2n) is 4.78. The summed E-state index contributed by atoms with van der Waals surface area (Å²) in [6, 6.07) is 2.07. The van der Waals surface area contributed by atoms with Crippen molar-refractivity contribution in [3.05, 3.63) is 22.4 Å². The van der Waals surface area contributed by atoms with Gasteiger partial charge in [-0.1, -0.05) is 19.8 Å². The fourth-order valence-corrected chi connectivity index (χ4v) is 3.42. The molecular formula is C13H20OS. The topological polar surface area (TPSA) is 20.2 Å². The van der Waals surface area contributed by atoms with E-state index in [1.807, 2.05) is 0 Å². The number of aliphatic hydroxyl groups is 1. The highest BCUT2D eigenvalue weighted by molar-refractivity contribution is 7.08. The highest BCUT2D eigenvalue weighted by atomic mass is 32.1. The molecule has 15 heavy (non-hydrogen) atoms. The third kappa shape index (κ3) is 2.43. The normalized spacial score (nSPS) is 31.7. The van der Waals surface area contributed by atoms with Crippen molar-refractivity contribution in [2.45, 2.75) is 51.0 Å². The lowest BCUT2D eigenvalue weighted by atomic mass is 9.75. The van der Waals surface area contributed by atoms with Gasteiger partial charge in [0, 0.05) is 0 Å². The summed E-state index contributed by atoms with van der Waals surface area (Å²) in [6.45, 7) is 2.25. The van der Waals surface area contributed by atoms with Gasteiger partial charge in [0.05, 0.1) is 5.60 Å². The molecule has 1 nitrogen and oxygen atoms in total. The Morgan fingerprint density at radius 1 is 1.47 bits per heavy atom. The van der Waals surface area contributed by atoms with Crippen molar-refractivity contribution in [2.75, 3.05) is 0 Å². The summed E-state index contributed by atoms with van der Waals surface area (Å²) in [4.78, 5) is 0. The van der Waals surface area contributed by atoms with Crippen LogP contribution in [0, 0.1) is 5.92 Å². The molecule has 1 saturated carbocycles. The van der Waals surface area contributed by atoms with E-state index in [9.17, 15) is 5.11 Å². The molecular weight excluding hydrogens is 204 g/mol. The van der Waals surface area contributed by atoms with E-state index >= 15 is 0 Å². The Hall–Kier alpha value is -0.340. The fraction of sp³-hybridized carbons (Fsp3) is 0.692. The van der Waals surface area contributed by atoms with Crippen LogP contribution in [0.2, 0.25) is 0 Å². The number of rotatable bonds is 3. The zero-order valence-corrected chi connectivity index (χ0v) is 10.2. The summed E-state index contributed by atoms with van der Waals surface area (Å²) in [7, 11) is 0. The summed E-state index contributed by atoms with van der Waals surface area (Å²) in [5, 5.41) is 14.7. The molecule has 0 bridgehead atoms. The molecule has 1 aliphatic rings. The minimum Gasteiger partial charge on any atom is -0.385 e. The Bertz CT molecular complexity index is 283. The first-order valence-electron chi connectivity index (χ1n) is 5.99. The quantitative estimate of drug-likeness (QED) is 0.825. The summed E-state index contributed by atoms with van der Waals surface area (Å²) >= 11 is 1.68. The molecule has 0 unspecified atom stereocenters. The van der Waals surface area contributed by atoms with Crippen molar-refractivity contribution in [3.63, 3.8) is 0 Å². The average Bonchev–Trinajstić information content (AvgIpc) is 2.76. The van der Waals surface area contributed by atoms with Crippen LogP contribution < -0.4 is 0 Å². The minimum atomic E-state index is -0.510. The van der Waals surface area contributed by atoms with Gasteiger partial charge < -0.3 is 5.11 Å². The zero-order valence-electron chi connectivity index (χ0n) is 9.41. The van der Waals surface area contributed by atoms with Crippen molar-refractivity contribution in [1.29, 1.82) is 0 Å². The zero-order chi connectivity index (χ0) is 10.7. The Balaban J connectivity index is 1.97. The first kappa shape index (κ1) is 11.2. The molecule has 1 N–H and O–H groups in total. The Kier molecular flexibility index (Phi) is 3.47. The lowest BCUT2D eigenvalue weighted by Crippen LogP contribution is -2.30. The van der Waals surface area contributed by atoms with Gasteiger partial charge in [-0.25, -0.2) is 0 Å². The van der Waals surface area contributed by atoms with Crippen LogP contribution in [-0.2, 0) is 5.60 Å². The smallest absolute Gasteiger partial charge is 0.0904 e. The Labute approximate surface area is 96.1 Å². The van der Waals surface area contributed by atoms with Gasteiger partial charge in [0.2, 0.25) is 0 Å². The summed E-state index contributed by atoms with van der Waals surface area (Å²) in [5.41, 5.74) is 0.631. The van der Waals surface area contributed by atoms with E-state index in [0.29, 0.717) is 0 Å². The van der Waals surface area contributed by atoms with E-state index in [1.54, 1.807) is 11.3 Å². The first-order valence-corrected chi connectivity index (χ1v) is 6.94. The van der Waals surface area contributed by atoms with Crippen LogP contribution in [0.15, 0.2) is 16.8 Å². The molecule has 0 spiro atoms. The maximum Gasteiger partial charge on any atom is 0.0904 e. The molecule has 84 valence electrons. The number of hydrogen-bond acceptors (Lipinski definition) is 2. The van der Waals surface area contributed by atoms with Crippen LogP contribution >= 0.6 is 11.3 Å². The lowest BCUT2D eigenvalue weighted by molar-refractivity contribution is -0.0148. The highest BCUT2D eigenvalue weighted by Gasteiger charge is 2.34. The Morgan fingerprint density at radius 2 is 2.20 bits per heavy atom. The monoisotopic (exact) mass is 224 g/mol. The van der Waals surface area contributed by atoms with Crippen LogP contribution in [0.4, 0.5) is 0 Å². The molecule has 0 atom stereocenters. The van der Waals surface area contributed by atoms with Gasteiger partial charge in [-0.05, 0) is 54.0 Å². The van der Waals surface area contributed by atoms with Crippen LogP contribution in [-0.4, -0.2) is 5.11 Å². The predicted octanol–water partition coefficient (Wildman–Crippen LogP) is 3.93. The van der Waals surface area contributed by atoms with Crippen molar-refractivity contribution < 1.29 is 5.11 Å². The van der Waals surface area contributed by atoms with Crippen molar-refractivity contribution in [2.24, 2.45) is 5.92 Å². The molecule has 0 aromatic carbocycles. The van der Waals surface area contributed by atoms with Crippen molar-refractivity contribution >= 4 is 11.3 Å². The van der Waals surface area contributed by atoms with Gasteiger partial charge in [-0.3, -0.25) is 0 Å². The SMILES string of the molecule is CCCC1CCC(O)(c2ccsc2)CC1. The molecule has 2 rings (SSSR count). The molecule has 0 saturated heterocycles. The van der Waals surface area contributed by atoms with E-state index in [1.165, 1.54) is 25.7 Å². The summed E-state index contributed by atoms with van der Waals surface area (Å²) in [5.74, 6) is 0.855. The van der Waals surface area contributed by atoms with Gasteiger partial charge in [-0.2, -0.15) is 11.3 Å². The van der Waals surface area contributed by atoms with Crippen molar-refractivity contribution in [1.82, 2.24) is 0 Å². The fourth-order valence-electron chi connectivity index (χ4n) is 2.67. The predicted molar refractivity (Wildman–Crippen MR) is 65.1 cm³/mol. The van der Waals surface area contributed by atoms with E-state index in [0.717, 1.165) is 24.3 Å². The van der Waals surface area contributed by atoms with Crippen LogP contribution in [0.25, 0.3) is 0 Å². The van der Waals surface area contributed by atoms with Gasteiger partial charge in [0.25, 0.3) is 0 Å². The molecule has 1 fully saturated rings. The standard InChI is InChI=1S/C13H20OS/c1-2-3-11-4-7-13(14,8-5-11)12-6-9-15-10-12/h6,9-11,14H,2-5,7-8H2,1H3. The van der Waals surface area contributed by atoms with Gasteiger partial charge in [0.15, 0.2) is 0 Å². The maximum atomic E-state index is 10.5. The molecule has 1 aromatic heterocycles. The maximum absolute atomic E-state index is 10.5. The summed E-state index contributed by atoms with van der Waals surface area (Å²) in [6.07, 6.45) is 6.91. The molecule has 0 amide bonds. The van der Waals surface area contributed by atoms with Crippen molar-refractivity contribution in [3.8, 4) is 0 Å². The molecule has 1 heterocycles. The second-order valence-corrected chi connectivity index (χ2v) is 5.56. The number of thiophene rings is 1. The average molecular weight is 224 g/mol. The minimum absolute atomic E-state index is 0.510. The van der Waals surface area contributed by atoms with Gasteiger partial charge in [-0.15, -0.1) is 0 Å². The van der Waals surface area contributed by atoms with E-state index in [2.05, 4.69) is 23.8 Å². The van der Waals surface area contributed by atoms with Crippen LogP contribution in [0.1, 0.15) is 51.0 Å². The first-order chi connectivity index (χ1) is 7.24. The van der Waals surface area contributed by atoms with Gasteiger partial charge in [0.1, 0.15) is 0 Å². The van der Waals surface area contributed by atoms with E-state index in [4.69, 9.17) is 0 Å². The number of hydrogen-bond donors (Lipinski definition) is 1. The highest BCUT2D eigenvalue weighted by Crippen LogP contribution is 2.41. The molecule has 1 aromatic rings. The second kappa shape index (κ2) is 4.67. The van der Waals surface area contributed by atoms with Crippen LogP contribution in [0.3, 0.4) is 0 Å². The molecule has 1 aliphatic carbocycles. The Morgan fingerprint density at radius 3 is 2.73 bits per heavy atom. The molecule has 0 aliphatic heterocycles. The lowest BCUT2D eigenvalue weighted by Gasteiger charge is -2.35. The summed E-state index contributed by atoms with van der Waals surface area (Å²) < 4.78 is 0. The van der Waals surface area contributed by atoms with Crippen LogP contribution in [0.5, 0.6) is 0 Å². The van der Waals surface area contributed by atoms with E-state index < -0.39 is 5.60 Å². The van der Waals surface area contributed by atoms with Gasteiger partial charge >= 0.3 is 0 Å². The largest absolute Gasteiger partial charge is 0.385 e. The third-order valence-corrected chi connectivity index (χ3v) is 4.37.